The van der Waals surface area contributed by atoms with E-state index in [0.717, 1.165) is 23.2 Å². The summed E-state index contributed by atoms with van der Waals surface area (Å²) in [5, 5.41) is 6.60. The van der Waals surface area contributed by atoms with Gasteiger partial charge in [0.2, 0.25) is 0 Å². The Hall–Kier alpha value is -1.35. The lowest BCUT2D eigenvalue weighted by Crippen LogP contribution is -2.37. The number of nitrogens with one attached hydrogen (secondary N) is 2. The first-order valence-electron chi connectivity index (χ1n) is 8.25. The van der Waals surface area contributed by atoms with Crippen LogP contribution in [-0.2, 0) is 0 Å². The van der Waals surface area contributed by atoms with Crippen LogP contribution < -0.4 is 10.6 Å². The first-order valence-corrected chi connectivity index (χ1v) is 8.25. The third-order valence-electron chi connectivity index (χ3n) is 4.34. The smallest absolute Gasteiger partial charge is 0.251 e. The van der Waals surface area contributed by atoms with Crippen molar-refractivity contribution < 1.29 is 4.79 Å². The highest BCUT2D eigenvalue weighted by Crippen LogP contribution is 2.16. The van der Waals surface area contributed by atoms with E-state index in [0.29, 0.717) is 12.6 Å². The van der Waals surface area contributed by atoms with E-state index in [4.69, 9.17) is 0 Å². The van der Waals surface area contributed by atoms with Gasteiger partial charge in [0.05, 0.1) is 0 Å². The lowest BCUT2D eigenvalue weighted by atomic mass is 10.1. The fraction of sp³-hybridized carbons (Fsp3) is 0.611. The molecule has 0 radical (unpaired) electrons. The first-order chi connectivity index (χ1) is 10.2. The lowest BCUT2D eigenvalue weighted by molar-refractivity contribution is 0.0953. The van der Waals surface area contributed by atoms with Crippen molar-refractivity contribution >= 4 is 5.91 Å². The molecular weight excluding hydrogens is 260 g/mol. The van der Waals surface area contributed by atoms with E-state index in [9.17, 15) is 4.79 Å². The summed E-state index contributed by atoms with van der Waals surface area (Å²) in [6, 6.07) is 6.65. The molecule has 1 aliphatic rings. The molecule has 3 nitrogen and oxygen atoms in total. The monoisotopic (exact) mass is 288 g/mol. The van der Waals surface area contributed by atoms with Crippen molar-refractivity contribution in [1.82, 2.24) is 10.6 Å². The molecule has 0 atom stereocenters. The van der Waals surface area contributed by atoms with Crippen LogP contribution in [0.4, 0.5) is 0 Å². The third kappa shape index (κ3) is 5.16. The lowest BCUT2D eigenvalue weighted by Gasteiger charge is -2.16. The second-order valence-corrected chi connectivity index (χ2v) is 6.22. The van der Waals surface area contributed by atoms with Gasteiger partial charge >= 0.3 is 0 Å². The molecule has 116 valence electrons. The second kappa shape index (κ2) is 8.18. The van der Waals surface area contributed by atoms with Gasteiger partial charge in [0.1, 0.15) is 0 Å². The van der Waals surface area contributed by atoms with Crippen LogP contribution in [0.2, 0.25) is 0 Å². The Labute approximate surface area is 128 Å². The molecule has 0 bridgehead atoms. The van der Waals surface area contributed by atoms with Crippen molar-refractivity contribution in [3.63, 3.8) is 0 Å². The highest BCUT2D eigenvalue weighted by Gasteiger charge is 2.12. The number of aryl methyl sites for hydroxylation is 2. The molecule has 21 heavy (non-hydrogen) atoms. The highest BCUT2D eigenvalue weighted by molar-refractivity contribution is 5.95. The molecule has 0 aliphatic heterocycles. The summed E-state index contributed by atoms with van der Waals surface area (Å²) in [6.45, 7) is 5.56. The SMILES string of the molecule is Cc1ccc(C)c(C(=O)NCCNC2CCCCCC2)c1. The molecule has 1 amide bonds. The van der Waals surface area contributed by atoms with Gasteiger partial charge in [0.15, 0.2) is 0 Å². The van der Waals surface area contributed by atoms with Crippen molar-refractivity contribution in [3.05, 3.63) is 34.9 Å². The van der Waals surface area contributed by atoms with Crippen molar-refractivity contribution in [2.75, 3.05) is 13.1 Å². The fourth-order valence-corrected chi connectivity index (χ4v) is 3.01. The van der Waals surface area contributed by atoms with E-state index in [1.165, 1.54) is 38.5 Å². The Morgan fingerprint density at radius 3 is 2.52 bits per heavy atom. The van der Waals surface area contributed by atoms with Gasteiger partial charge in [0.25, 0.3) is 5.91 Å². The minimum Gasteiger partial charge on any atom is -0.351 e. The Balaban J connectivity index is 1.72. The summed E-state index contributed by atoms with van der Waals surface area (Å²) < 4.78 is 0. The van der Waals surface area contributed by atoms with Gasteiger partial charge in [-0.1, -0.05) is 43.4 Å². The minimum absolute atomic E-state index is 0.0406. The molecule has 1 saturated carbocycles. The van der Waals surface area contributed by atoms with Gasteiger partial charge in [0, 0.05) is 24.7 Å². The summed E-state index contributed by atoms with van der Waals surface area (Å²) in [6.07, 6.45) is 8.00. The first kappa shape index (κ1) is 16.0. The molecule has 1 aliphatic carbocycles. The average Bonchev–Trinajstić information content (AvgIpc) is 2.74. The van der Waals surface area contributed by atoms with Crippen LogP contribution in [0.5, 0.6) is 0 Å². The van der Waals surface area contributed by atoms with Crippen molar-refractivity contribution in [2.45, 2.75) is 58.4 Å². The molecule has 2 rings (SSSR count). The fourth-order valence-electron chi connectivity index (χ4n) is 3.01. The zero-order chi connectivity index (χ0) is 15.1. The molecule has 1 aromatic rings. The number of carbonyl (C=O) groups is 1. The Kier molecular flexibility index (Phi) is 6.24. The molecule has 0 unspecified atom stereocenters. The molecule has 0 heterocycles. The Morgan fingerprint density at radius 1 is 1.10 bits per heavy atom. The average molecular weight is 288 g/mol. The quantitative estimate of drug-likeness (QED) is 0.644. The van der Waals surface area contributed by atoms with Gasteiger partial charge in [-0.25, -0.2) is 0 Å². The maximum Gasteiger partial charge on any atom is 0.251 e. The Bertz CT molecular complexity index is 462. The second-order valence-electron chi connectivity index (χ2n) is 6.22. The van der Waals surface area contributed by atoms with Crippen LogP contribution in [-0.4, -0.2) is 25.0 Å². The Morgan fingerprint density at radius 2 is 1.81 bits per heavy atom. The van der Waals surface area contributed by atoms with Gasteiger partial charge in [-0.15, -0.1) is 0 Å². The van der Waals surface area contributed by atoms with Crippen molar-refractivity contribution in [1.29, 1.82) is 0 Å². The van der Waals surface area contributed by atoms with Crippen molar-refractivity contribution in [2.24, 2.45) is 0 Å². The molecule has 1 fully saturated rings. The number of amides is 1. The third-order valence-corrected chi connectivity index (χ3v) is 4.34. The molecular formula is C18H28N2O. The molecule has 3 heteroatoms. The van der Waals surface area contributed by atoms with Crippen LogP contribution in [0.3, 0.4) is 0 Å². The van der Waals surface area contributed by atoms with Crippen molar-refractivity contribution in [3.8, 4) is 0 Å². The number of hydrogen-bond acceptors (Lipinski definition) is 2. The molecule has 1 aromatic carbocycles. The number of carbonyl (C=O) groups excluding carboxylic acids is 1. The van der Waals surface area contributed by atoms with Gasteiger partial charge in [-0.3, -0.25) is 4.79 Å². The predicted molar refractivity (Wildman–Crippen MR) is 87.7 cm³/mol. The maximum absolute atomic E-state index is 12.2. The summed E-state index contributed by atoms with van der Waals surface area (Å²) in [5.41, 5.74) is 2.96. The van der Waals surface area contributed by atoms with E-state index in [2.05, 4.69) is 10.6 Å². The number of benzene rings is 1. The summed E-state index contributed by atoms with van der Waals surface area (Å²) >= 11 is 0. The zero-order valence-electron chi connectivity index (χ0n) is 13.4. The summed E-state index contributed by atoms with van der Waals surface area (Å²) in [4.78, 5) is 12.2. The standard InChI is InChI=1S/C18H28N2O/c1-14-9-10-15(2)17(13-14)18(21)20-12-11-19-16-7-5-3-4-6-8-16/h9-10,13,16,19H,3-8,11-12H2,1-2H3,(H,20,21). The minimum atomic E-state index is 0.0406. The van der Waals surface area contributed by atoms with E-state index in [-0.39, 0.29) is 5.91 Å². The van der Waals surface area contributed by atoms with E-state index < -0.39 is 0 Å². The molecule has 0 aromatic heterocycles. The van der Waals surface area contributed by atoms with Crippen LogP contribution in [0.1, 0.15) is 60.0 Å². The number of rotatable bonds is 5. The van der Waals surface area contributed by atoms with E-state index >= 15 is 0 Å². The van der Waals surface area contributed by atoms with Crippen LogP contribution >= 0.6 is 0 Å². The normalized spacial score (nSPS) is 16.5. The topological polar surface area (TPSA) is 41.1 Å². The maximum atomic E-state index is 12.2. The van der Waals surface area contributed by atoms with Crippen LogP contribution in [0, 0.1) is 13.8 Å². The predicted octanol–water partition coefficient (Wildman–Crippen LogP) is 3.35. The van der Waals surface area contributed by atoms with Gasteiger partial charge in [-0.05, 0) is 38.3 Å². The molecule has 0 spiro atoms. The zero-order valence-corrected chi connectivity index (χ0v) is 13.4. The largest absolute Gasteiger partial charge is 0.351 e. The van der Waals surface area contributed by atoms with E-state index in [1.54, 1.807) is 0 Å². The highest BCUT2D eigenvalue weighted by atomic mass is 16.1. The van der Waals surface area contributed by atoms with Gasteiger partial charge < -0.3 is 10.6 Å². The van der Waals surface area contributed by atoms with Crippen LogP contribution in [0.15, 0.2) is 18.2 Å². The van der Waals surface area contributed by atoms with Gasteiger partial charge in [-0.2, -0.15) is 0 Å². The summed E-state index contributed by atoms with van der Waals surface area (Å²) in [7, 11) is 0. The van der Waals surface area contributed by atoms with E-state index in [1.807, 2.05) is 32.0 Å². The molecule has 0 saturated heterocycles. The van der Waals surface area contributed by atoms with Crippen LogP contribution in [0.25, 0.3) is 0 Å². The number of hydrogen-bond donors (Lipinski definition) is 2. The molecule has 2 N–H and O–H groups in total. The summed E-state index contributed by atoms with van der Waals surface area (Å²) in [5.74, 6) is 0.0406.